The number of benzene rings is 2. The van der Waals surface area contributed by atoms with E-state index in [1.54, 1.807) is 31.2 Å². The molecule has 0 bridgehead atoms. The number of carbonyl (C=O) groups excluding carboxylic acids is 3. The van der Waals surface area contributed by atoms with E-state index in [0.29, 0.717) is 16.4 Å². The monoisotopic (exact) mass is 422 g/mol. The van der Waals surface area contributed by atoms with Gasteiger partial charge in [-0.2, -0.15) is 5.10 Å². The molecule has 3 aromatic rings. The number of amides is 3. The Kier molecular flexibility index (Phi) is 4.71. The van der Waals surface area contributed by atoms with Gasteiger partial charge in [-0.1, -0.05) is 23.7 Å². The first-order valence-electron chi connectivity index (χ1n) is 8.91. The molecule has 0 fully saturated rings. The van der Waals surface area contributed by atoms with Crippen molar-refractivity contribution in [2.24, 2.45) is 0 Å². The number of hydrogen-bond acceptors (Lipinski definition) is 5. The van der Waals surface area contributed by atoms with Crippen molar-refractivity contribution in [3.63, 3.8) is 0 Å². The lowest BCUT2D eigenvalue weighted by atomic mass is 10.1. The summed E-state index contributed by atoms with van der Waals surface area (Å²) < 4.78 is 1.42. The maximum Gasteiger partial charge on any atom is 0.280 e. The van der Waals surface area contributed by atoms with Gasteiger partial charge in [0, 0.05) is 24.5 Å². The van der Waals surface area contributed by atoms with Gasteiger partial charge in [-0.05, 0) is 37.3 Å². The lowest BCUT2D eigenvalue weighted by molar-refractivity contribution is 0.0692. The molecule has 0 spiro atoms. The number of nitrogens with zero attached hydrogens (tertiary/aromatic N) is 3. The number of carbonyl (C=O) groups is 3. The number of hydrogen-bond donors (Lipinski definition) is 1. The molecule has 150 valence electrons. The van der Waals surface area contributed by atoms with Crippen molar-refractivity contribution in [1.29, 1.82) is 0 Å². The molecule has 0 saturated carbocycles. The van der Waals surface area contributed by atoms with Gasteiger partial charge < -0.3 is 5.32 Å². The maximum atomic E-state index is 12.7. The number of para-hydroxylation sites is 1. The first-order valence-corrected chi connectivity index (χ1v) is 9.29. The van der Waals surface area contributed by atoms with Gasteiger partial charge in [0.25, 0.3) is 17.7 Å². The number of aromatic nitrogens is 2. The normalized spacial score (nSPS) is 12.8. The molecule has 0 radical (unpaired) electrons. The highest BCUT2D eigenvalue weighted by molar-refractivity contribution is 6.32. The summed E-state index contributed by atoms with van der Waals surface area (Å²) in [7, 11) is 1.39. The third-order valence-corrected chi connectivity index (χ3v) is 5.07. The molecular formula is C21H15ClN4O4. The van der Waals surface area contributed by atoms with Gasteiger partial charge in [-0.3, -0.25) is 24.1 Å². The Hall–Kier alpha value is -3.78. The van der Waals surface area contributed by atoms with Gasteiger partial charge >= 0.3 is 0 Å². The quantitative estimate of drug-likeness (QED) is 0.654. The Morgan fingerprint density at radius 1 is 1.00 bits per heavy atom. The molecule has 4 rings (SSSR count). The number of fused-ring (bicyclic) bond motifs is 1. The number of halogens is 1. The maximum absolute atomic E-state index is 12.7. The Balaban J connectivity index is 1.69. The SMILES string of the molecule is Cc1cc(=O)c(C(=O)Nc2ccc3c(c2)C(=O)N(C)C3=O)nn1-c1ccccc1Cl. The standard InChI is InChI=1S/C21H15ClN4O4/c1-11-9-17(27)18(24-26(11)16-6-4-3-5-15(16)22)19(28)23-12-7-8-13-14(10-12)21(30)25(2)20(13)29/h3-10H,1-2H3,(H,23,28). The minimum absolute atomic E-state index is 0.186. The molecule has 0 saturated heterocycles. The zero-order valence-corrected chi connectivity index (χ0v) is 16.7. The van der Waals surface area contributed by atoms with E-state index in [1.807, 2.05) is 0 Å². The van der Waals surface area contributed by atoms with Crippen LogP contribution in [0.5, 0.6) is 0 Å². The fourth-order valence-corrected chi connectivity index (χ4v) is 3.42. The molecule has 1 aliphatic heterocycles. The van der Waals surface area contributed by atoms with Crippen molar-refractivity contribution in [3.05, 3.63) is 86.3 Å². The van der Waals surface area contributed by atoms with Crippen molar-refractivity contribution in [2.45, 2.75) is 6.92 Å². The molecule has 9 heteroatoms. The predicted molar refractivity (Wildman–Crippen MR) is 110 cm³/mol. The van der Waals surface area contributed by atoms with Crippen LogP contribution < -0.4 is 10.7 Å². The molecule has 1 aromatic heterocycles. The minimum atomic E-state index is -0.745. The molecular weight excluding hydrogens is 408 g/mol. The summed E-state index contributed by atoms with van der Waals surface area (Å²) in [6, 6.07) is 12.6. The fraction of sp³-hybridized carbons (Fsp3) is 0.0952. The van der Waals surface area contributed by atoms with Crippen molar-refractivity contribution in [3.8, 4) is 5.69 Å². The van der Waals surface area contributed by atoms with E-state index in [2.05, 4.69) is 10.4 Å². The summed E-state index contributed by atoms with van der Waals surface area (Å²) in [6.07, 6.45) is 0. The van der Waals surface area contributed by atoms with Crippen LogP contribution >= 0.6 is 11.6 Å². The van der Waals surface area contributed by atoms with Crippen molar-refractivity contribution in [1.82, 2.24) is 14.7 Å². The topological polar surface area (TPSA) is 101 Å². The zero-order valence-electron chi connectivity index (χ0n) is 16.0. The molecule has 2 heterocycles. The van der Waals surface area contributed by atoms with Crippen molar-refractivity contribution >= 4 is 35.0 Å². The highest BCUT2D eigenvalue weighted by atomic mass is 35.5. The van der Waals surface area contributed by atoms with Crippen LogP contribution in [-0.4, -0.2) is 39.4 Å². The van der Waals surface area contributed by atoms with Crippen molar-refractivity contribution < 1.29 is 14.4 Å². The van der Waals surface area contributed by atoms with E-state index >= 15 is 0 Å². The van der Waals surface area contributed by atoms with E-state index in [4.69, 9.17) is 11.6 Å². The molecule has 0 aliphatic carbocycles. The molecule has 1 aliphatic rings. The van der Waals surface area contributed by atoms with E-state index in [0.717, 1.165) is 4.90 Å². The predicted octanol–water partition coefficient (Wildman–Crippen LogP) is 2.67. The van der Waals surface area contributed by atoms with Crippen molar-refractivity contribution in [2.75, 3.05) is 12.4 Å². The molecule has 2 aromatic carbocycles. The van der Waals surface area contributed by atoms with Gasteiger partial charge in [0.05, 0.1) is 21.8 Å². The summed E-state index contributed by atoms with van der Waals surface area (Å²) in [5, 5.41) is 7.16. The summed E-state index contributed by atoms with van der Waals surface area (Å²) in [5.74, 6) is -1.61. The number of anilines is 1. The highest BCUT2D eigenvalue weighted by Crippen LogP contribution is 2.25. The van der Waals surface area contributed by atoms with Crippen LogP contribution in [-0.2, 0) is 0 Å². The van der Waals surface area contributed by atoms with Crippen LogP contribution in [0, 0.1) is 6.92 Å². The van der Waals surface area contributed by atoms with Gasteiger partial charge in [0.1, 0.15) is 0 Å². The van der Waals surface area contributed by atoms with Crippen LogP contribution in [0.4, 0.5) is 5.69 Å². The van der Waals surface area contributed by atoms with Gasteiger partial charge in [0.15, 0.2) is 5.69 Å². The van der Waals surface area contributed by atoms with E-state index in [9.17, 15) is 19.2 Å². The smallest absolute Gasteiger partial charge is 0.280 e. The first-order chi connectivity index (χ1) is 14.3. The van der Waals surface area contributed by atoms with Crippen LogP contribution in [0.15, 0.2) is 53.3 Å². The van der Waals surface area contributed by atoms with Crippen LogP contribution in [0.2, 0.25) is 5.02 Å². The van der Waals surface area contributed by atoms with Gasteiger partial charge in [-0.15, -0.1) is 0 Å². The van der Waals surface area contributed by atoms with Crippen LogP contribution in [0.1, 0.15) is 36.9 Å². The first kappa shape index (κ1) is 19.5. The summed E-state index contributed by atoms with van der Waals surface area (Å²) in [6.45, 7) is 1.68. The van der Waals surface area contributed by atoms with E-state index < -0.39 is 23.2 Å². The zero-order chi connectivity index (χ0) is 21.6. The largest absolute Gasteiger partial charge is 0.320 e. The third-order valence-electron chi connectivity index (χ3n) is 4.75. The lowest BCUT2D eigenvalue weighted by Gasteiger charge is -2.12. The summed E-state index contributed by atoms with van der Waals surface area (Å²) in [5.41, 5.74) is 0.854. The Bertz CT molecular complexity index is 1300. The molecule has 3 amide bonds. The molecule has 8 nitrogen and oxygen atoms in total. The third kappa shape index (κ3) is 3.17. The molecule has 1 N–H and O–H groups in total. The van der Waals surface area contributed by atoms with Gasteiger partial charge in [-0.25, -0.2) is 4.68 Å². The second-order valence-corrected chi connectivity index (χ2v) is 7.15. The second-order valence-electron chi connectivity index (χ2n) is 6.75. The lowest BCUT2D eigenvalue weighted by Crippen LogP contribution is -2.27. The average Bonchev–Trinajstić information content (AvgIpc) is 2.93. The Morgan fingerprint density at radius 2 is 1.70 bits per heavy atom. The second kappa shape index (κ2) is 7.23. The number of aryl methyl sites for hydroxylation is 1. The average molecular weight is 423 g/mol. The minimum Gasteiger partial charge on any atom is -0.320 e. The number of nitrogens with one attached hydrogen (secondary N) is 1. The Labute approximate surface area is 175 Å². The fourth-order valence-electron chi connectivity index (χ4n) is 3.20. The van der Waals surface area contributed by atoms with E-state index in [1.165, 1.54) is 36.0 Å². The Morgan fingerprint density at radius 3 is 2.43 bits per heavy atom. The number of imide groups is 1. The van der Waals surface area contributed by atoms with E-state index in [-0.39, 0.29) is 22.5 Å². The highest BCUT2D eigenvalue weighted by Gasteiger charge is 2.32. The molecule has 30 heavy (non-hydrogen) atoms. The van der Waals surface area contributed by atoms with Crippen LogP contribution in [0.25, 0.3) is 5.69 Å². The molecule has 0 atom stereocenters. The summed E-state index contributed by atoms with van der Waals surface area (Å²) in [4.78, 5) is 50.3. The van der Waals surface area contributed by atoms with Gasteiger partial charge in [0.2, 0.25) is 5.43 Å². The van der Waals surface area contributed by atoms with Crippen LogP contribution in [0.3, 0.4) is 0 Å². The molecule has 0 unspecified atom stereocenters. The number of rotatable bonds is 3. The summed E-state index contributed by atoms with van der Waals surface area (Å²) >= 11 is 6.22.